The second kappa shape index (κ2) is 6.76. The molecule has 7 heteroatoms. The molecule has 130 valence electrons. The average Bonchev–Trinajstić information content (AvgIpc) is 3.09. The van der Waals surface area contributed by atoms with Crippen LogP contribution >= 0.6 is 0 Å². The number of rotatable bonds is 4. The highest BCUT2D eigenvalue weighted by Gasteiger charge is 2.21. The Morgan fingerprint density at radius 1 is 1.32 bits per heavy atom. The van der Waals surface area contributed by atoms with E-state index in [0.29, 0.717) is 18.1 Å². The summed E-state index contributed by atoms with van der Waals surface area (Å²) in [5.74, 6) is 0.555. The number of aryl methyl sites for hydroxylation is 1. The minimum Gasteiger partial charge on any atom is -0.297 e. The van der Waals surface area contributed by atoms with Gasteiger partial charge in [-0.15, -0.1) is 0 Å². The molecular formula is C18H22N6O. The van der Waals surface area contributed by atoms with Crippen LogP contribution in [0.3, 0.4) is 0 Å². The first-order valence-corrected chi connectivity index (χ1v) is 8.71. The molecule has 0 aliphatic carbocycles. The third-order valence-corrected chi connectivity index (χ3v) is 4.76. The molecular weight excluding hydrogens is 316 g/mol. The summed E-state index contributed by atoms with van der Waals surface area (Å²) in [5, 5.41) is 4.20. The van der Waals surface area contributed by atoms with Crippen molar-refractivity contribution in [1.29, 1.82) is 0 Å². The predicted octanol–water partition coefficient (Wildman–Crippen LogP) is 1.51. The van der Waals surface area contributed by atoms with Crippen LogP contribution in [0.25, 0.3) is 5.65 Å². The third kappa shape index (κ3) is 3.61. The largest absolute Gasteiger partial charge is 0.297 e. The van der Waals surface area contributed by atoms with Crippen LogP contribution in [0, 0.1) is 12.8 Å². The SMILES string of the molecule is Cc1ccc2nc(CN3CCC[C@@H](Cn4cncn4)C3)cc(=O)n2c1. The van der Waals surface area contributed by atoms with Crippen LogP contribution in [-0.4, -0.2) is 42.1 Å². The van der Waals surface area contributed by atoms with Crippen molar-refractivity contribution in [1.82, 2.24) is 29.0 Å². The van der Waals surface area contributed by atoms with Crippen molar-refractivity contribution in [2.45, 2.75) is 32.9 Å². The van der Waals surface area contributed by atoms with Crippen LogP contribution in [-0.2, 0) is 13.1 Å². The van der Waals surface area contributed by atoms with Gasteiger partial charge in [0, 0.05) is 31.9 Å². The number of piperidine rings is 1. The Morgan fingerprint density at radius 2 is 2.24 bits per heavy atom. The molecule has 0 amide bonds. The third-order valence-electron chi connectivity index (χ3n) is 4.76. The van der Waals surface area contributed by atoms with Gasteiger partial charge in [-0.25, -0.2) is 9.97 Å². The second-order valence-corrected chi connectivity index (χ2v) is 6.88. The minimum absolute atomic E-state index is 0.0140. The molecule has 25 heavy (non-hydrogen) atoms. The minimum atomic E-state index is -0.0140. The van der Waals surface area contributed by atoms with Crippen molar-refractivity contribution in [2.24, 2.45) is 5.92 Å². The topological polar surface area (TPSA) is 68.3 Å². The lowest BCUT2D eigenvalue weighted by Crippen LogP contribution is -2.37. The van der Waals surface area contributed by atoms with Gasteiger partial charge in [0.15, 0.2) is 0 Å². The van der Waals surface area contributed by atoms with Crippen molar-refractivity contribution < 1.29 is 0 Å². The van der Waals surface area contributed by atoms with Crippen LogP contribution in [0.2, 0.25) is 0 Å². The number of pyridine rings is 1. The van der Waals surface area contributed by atoms with Gasteiger partial charge in [-0.3, -0.25) is 18.8 Å². The van der Waals surface area contributed by atoms with E-state index in [2.05, 4.69) is 20.0 Å². The van der Waals surface area contributed by atoms with Gasteiger partial charge in [-0.1, -0.05) is 6.07 Å². The van der Waals surface area contributed by atoms with Gasteiger partial charge in [0.25, 0.3) is 5.56 Å². The van der Waals surface area contributed by atoms with Crippen molar-refractivity contribution in [3.8, 4) is 0 Å². The molecule has 0 spiro atoms. The first kappa shape index (κ1) is 16.0. The summed E-state index contributed by atoms with van der Waals surface area (Å²) in [6, 6.07) is 5.55. The zero-order valence-corrected chi connectivity index (χ0v) is 14.4. The van der Waals surface area contributed by atoms with E-state index in [9.17, 15) is 4.79 Å². The van der Waals surface area contributed by atoms with Gasteiger partial charge in [0.2, 0.25) is 0 Å². The van der Waals surface area contributed by atoms with Crippen LogP contribution in [0.5, 0.6) is 0 Å². The molecule has 1 aliphatic rings. The van der Waals surface area contributed by atoms with E-state index in [4.69, 9.17) is 0 Å². The lowest BCUT2D eigenvalue weighted by molar-refractivity contribution is 0.152. The number of fused-ring (bicyclic) bond motifs is 1. The smallest absolute Gasteiger partial charge is 0.258 e. The maximum absolute atomic E-state index is 12.4. The molecule has 0 N–H and O–H groups in total. The summed E-state index contributed by atoms with van der Waals surface area (Å²) >= 11 is 0. The summed E-state index contributed by atoms with van der Waals surface area (Å²) in [5.41, 5.74) is 2.59. The molecule has 3 aromatic heterocycles. The number of aromatic nitrogens is 5. The van der Waals surface area contributed by atoms with E-state index >= 15 is 0 Å². The molecule has 1 fully saturated rings. The van der Waals surface area contributed by atoms with Gasteiger partial charge < -0.3 is 0 Å². The Labute approximate surface area is 145 Å². The molecule has 0 unspecified atom stereocenters. The Kier molecular flexibility index (Phi) is 4.31. The highest BCUT2D eigenvalue weighted by Crippen LogP contribution is 2.19. The summed E-state index contributed by atoms with van der Waals surface area (Å²) in [7, 11) is 0. The van der Waals surface area contributed by atoms with Crippen molar-refractivity contribution >= 4 is 5.65 Å². The molecule has 1 saturated heterocycles. The molecule has 4 heterocycles. The molecule has 0 radical (unpaired) electrons. The number of hydrogen-bond donors (Lipinski definition) is 0. The molecule has 3 aromatic rings. The van der Waals surface area contributed by atoms with Crippen molar-refractivity contribution in [3.05, 3.63) is 58.7 Å². The monoisotopic (exact) mass is 338 g/mol. The molecule has 1 aliphatic heterocycles. The Morgan fingerprint density at radius 3 is 3.08 bits per heavy atom. The van der Waals surface area contributed by atoms with Crippen molar-refractivity contribution in [3.63, 3.8) is 0 Å². The molecule has 0 bridgehead atoms. The highest BCUT2D eigenvalue weighted by atomic mass is 16.1. The lowest BCUT2D eigenvalue weighted by atomic mass is 9.98. The van der Waals surface area contributed by atoms with Gasteiger partial charge in [0.05, 0.1) is 5.69 Å². The first-order chi connectivity index (χ1) is 12.2. The molecule has 0 aromatic carbocycles. The number of hydrogen-bond acceptors (Lipinski definition) is 5. The Hall–Kier alpha value is -2.54. The summed E-state index contributed by atoms with van der Waals surface area (Å²) < 4.78 is 3.51. The van der Waals surface area contributed by atoms with Crippen LogP contribution in [0.4, 0.5) is 0 Å². The van der Waals surface area contributed by atoms with Crippen LogP contribution in [0.15, 0.2) is 41.8 Å². The van der Waals surface area contributed by atoms with E-state index in [1.165, 1.54) is 6.42 Å². The van der Waals surface area contributed by atoms with E-state index in [1.54, 1.807) is 23.1 Å². The maximum atomic E-state index is 12.4. The summed E-state index contributed by atoms with van der Waals surface area (Å²) in [6.07, 6.45) is 7.54. The Balaban J connectivity index is 1.48. The lowest BCUT2D eigenvalue weighted by Gasteiger charge is -2.32. The van der Waals surface area contributed by atoms with Crippen LogP contribution in [0.1, 0.15) is 24.1 Å². The van der Waals surface area contributed by atoms with E-state index in [0.717, 1.165) is 37.3 Å². The molecule has 0 saturated carbocycles. The quantitative estimate of drug-likeness (QED) is 0.721. The normalized spacial score (nSPS) is 18.7. The first-order valence-electron chi connectivity index (χ1n) is 8.71. The van der Waals surface area contributed by atoms with Gasteiger partial charge in [-0.05, 0) is 43.9 Å². The molecule has 4 rings (SSSR count). The van der Waals surface area contributed by atoms with E-state index in [-0.39, 0.29) is 5.56 Å². The fourth-order valence-corrected chi connectivity index (χ4v) is 3.60. The maximum Gasteiger partial charge on any atom is 0.258 e. The second-order valence-electron chi connectivity index (χ2n) is 6.88. The molecule has 1 atom stereocenters. The fraction of sp³-hybridized carbons (Fsp3) is 0.444. The Bertz CT molecular complexity index is 917. The fourth-order valence-electron chi connectivity index (χ4n) is 3.60. The van der Waals surface area contributed by atoms with Gasteiger partial charge >= 0.3 is 0 Å². The van der Waals surface area contributed by atoms with E-state index < -0.39 is 0 Å². The molecule has 7 nitrogen and oxygen atoms in total. The standard InChI is InChI=1S/C18H22N6O/c1-14-4-5-17-21-16(7-18(25)24(17)8-14)11-22-6-2-3-15(9-22)10-23-13-19-12-20-23/h4-5,7-8,12-13,15H,2-3,6,9-11H2,1H3/t15-/m1/s1. The predicted molar refractivity (Wildman–Crippen MR) is 94.2 cm³/mol. The summed E-state index contributed by atoms with van der Waals surface area (Å²) in [6.45, 7) is 5.62. The zero-order valence-electron chi connectivity index (χ0n) is 14.4. The van der Waals surface area contributed by atoms with E-state index in [1.807, 2.05) is 29.9 Å². The highest BCUT2D eigenvalue weighted by molar-refractivity contribution is 5.39. The van der Waals surface area contributed by atoms with Crippen molar-refractivity contribution in [2.75, 3.05) is 13.1 Å². The van der Waals surface area contributed by atoms with Gasteiger partial charge in [0.1, 0.15) is 18.3 Å². The van der Waals surface area contributed by atoms with Gasteiger partial charge in [-0.2, -0.15) is 5.10 Å². The number of nitrogens with zero attached hydrogens (tertiary/aromatic N) is 6. The van der Waals surface area contributed by atoms with Crippen LogP contribution < -0.4 is 5.56 Å². The summed E-state index contributed by atoms with van der Waals surface area (Å²) in [4.78, 5) is 23.4. The number of likely N-dealkylation sites (tertiary alicyclic amines) is 1. The zero-order chi connectivity index (χ0) is 17.2. The average molecular weight is 338 g/mol.